The highest BCUT2D eigenvalue weighted by Gasteiger charge is 2.30. The number of carboxylic acid groups (broad SMARTS) is 1. The third kappa shape index (κ3) is 10.2. The number of aromatic nitrogens is 1. The van der Waals surface area contributed by atoms with Gasteiger partial charge in [-0.25, -0.2) is 4.79 Å². The van der Waals surface area contributed by atoms with Gasteiger partial charge in [-0.3, -0.25) is 14.4 Å². The fourth-order valence-electron chi connectivity index (χ4n) is 4.15. The van der Waals surface area contributed by atoms with Gasteiger partial charge >= 0.3 is 5.97 Å². The summed E-state index contributed by atoms with van der Waals surface area (Å²) in [6.07, 6.45) is 4.67. The zero-order chi connectivity index (χ0) is 28.8. The quantitative estimate of drug-likeness (QED) is 0.0868. The van der Waals surface area contributed by atoms with Gasteiger partial charge in [-0.2, -0.15) is 12.6 Å². The van der Waals surface area contributed by atoms with E-state index in [1.165, 1.54) is 0 Å². The summed E-state index contributed by atoms with van der Waals surface area (Å²) in [6, 6.07) is 3.38. The Labute approximate surface area is 233 Å². The van der Waals surface area contributed by atoms with Gasteiger partial charge in [0.25, 0.3) is 0 Å². The molecule has 1 aromatic carbocycles. The Morgan fingerprint density at radius 3 is 2.03 bits per heavy atom. The number of aliphatic carboxylic acids is 1. The van der Waals surface area contributed by atoms with Crippen molar-refractivity contribution < 1.29 is 24.3 Å². The highest BCUT2D eigenvalue weighted by molar-refractivity contribution is 7.80. The normalized spacial score (nSPS) is 14.3. The molecule has 12 nitrogen and oxygen atoms in total. The van der Waals surface area contributed by atoms with Gasteiger partial charge in [0.1, 0.15) is 18.1 Å². The molecule has 0 aliphatic rings. The van der Waals surface area contributed by atoms with Gasteiger partial charge in [-0.15, -0.1) is 0 Å². The van der Waals surface area contributed by atoms with Crippen molar-refractivity contribution in [1.29, 1.82) is 0 Å². The van der Waals surface area contributed by atoms with Crippen LogP contribution in [0.25, 0.3) is 10.9 Å². The fourth-order valence-corrected chi connectivity index (χ4v) is 4.31. The molecule has 2 rings (SSSR count). The number of carboxylic acids is 1. The molecule has 3 amide bonds. The predicted molar refractivity (Wildman–Crippen MR) is 153 cm³/mol. The van der Waals surface area contributed by atoms with E-state index < -0.39 is 47.9 Å². The molecule has 13 heteroatoms. The molecule has 0 radical (unpaired) electrons. The van der Waals surface area contributed by atoms with Crippen molar-refractivity contribution in [2.45, 2.75) is 69.1 Å². The Hall–Kier alpha value is -3.13. The average molecular weight is 564 g/mol. The number of hydrogen-bond acceptors (Lipinski definition) is 8. The smallest absolute Gasteiger partial charge is 0.326 e. The number of nitrogens with one attached hydrogen (secondary N) is 4. The van der Waals surface area contributed by atoms with Gasteiger partial charge in [0.2, 0.25) is 17.7 Å². The van der Waals surface area contributed by atoms with E-state index in [4.69, 9.17) is 17.2 Å². The largest absolute Gasteiger partial charge is 0.480 e. The average Bonchev–Trinajstić information content (AvgIpc) is 3.33. The van der Waals surface area contributed by atoms with Crippen molar-refractivity contribution >= 4 is 47.2 Å². The first-order valence-electron chi connectivity index (χ1n) is 13.2. The molecule has 11 N–H and O–H groups in total. The summed E-state index contributed by atoms with van der Waals surface area (Å²) >= 11 is 4.04. The van der Waals surface area contributed by atoms with Gasteiger partial charge < -0.3 is 43.2 Å². The van der Waals surface area contributed by atoms with E-state index >= 15 is 0 Å². The highest BCUT2D eigenvalue weighted by atomic mass is 32.1. The number of rotatable bonds is 18. The number of thiol groups is 1. The van der Waals surface area contributed by atoms with Crippen LogP contribution in [0, 0.1) is 0 Å². The molecule has 0 bridgehead atoms. The lowest BCUT2D eigenvalue weighted by Crippen LogP contribution is -2.57. The Morgan fingerprint density at radius 1 is 0.846 bits per heavy atom. The Balaban J connectivity index is 2.29. The predicted octanol–water partition coefficient (Wildman–Crippen LogP) is -0.235. The van der Waals surface area contributed by atoms with Crippen LogP contribution in [0.5, 0.6) is 0 Å². The van der Waals surface area contributed by atoms with Crippen molar-refractivity contribution in [1.82, 2.24) is 20.9 Å². The van der Waals surface area contributed by atoms with E-state index in [0.29, 0.717) is 38.8 Å². The van der Waals surface area contributed by atoms with Crippen LogP contribution in [0.15, 0.2) is 30.5 Å². The zero-order valence-corrected chi connectivity index (χ0v) is 22.9. The van der Waals surface area contributed by atoms with Crippen LogP contribution in [-0.4, -0.2) is 76.8 Å². The van der Waals surface area contributed by atoms with E-state index in [9.17, 15) is 24.3 Å². The van der Waals surface area contributed by atoms with Crippen molar-refractivity contribution in [3.63, 3.8) is 0 Å². The number of amides is 3. The van der Waals surface area contributed by atoms with Crippen LogP contribution in [0.3, 0.4) is 0 Å². The van der Waals surface area contributed by atoms with Crippen LogP contribution < -0.4 is 33.2 Å². The van der Waals surface area contributed by atoms with Crippen LogP contribution in [0.1, 0.15) is 44.1 Å². The number of benzene rings is 1. The number of hydrogen-bond donors (Lipinski definition) is 9. The van der Waals surface area contributed by atoms with Gasteiger partial charge in [-0.05, 0) is 63.2 Å². The number of para-hydroxylation sites is 1. The molecular weight excluding hydrogens is 522 g/mol. The monoisotopic (exact) mass is 563 g/mol. The van der Waals surface area contributed by atoms with E-state index in [2.05, 4.69) is 33.6 Å². The molecule has 0 saturated heterocycles. The van der Waals surface area contributed by atoms with Crippen molar-refractivity contribution in [3.05, 3.63) is 36.0 Å². The molecule has 4 unspecified atom stereocenters. The van der Waals surface area contributed by atoms with Crippen LogP contribution in [0.4, 0.5) is 0 Å². The highest BCUT2D eigenvalue weighted by Crippen LogP contribution is 2.19. The number of H-pyrrole nitrogens is 1. The lowest BCUT2D eigenvalue weighted by molar-refractivity contribution is -0.142. The second-order valence-electron chi connectivity index (χ2n) is 9.44. The number of unbranched alkanes of at least 4 members (excludes halogenated alkanes) is 2. The number of carbonyl (C=O) groups excluding carboxylic acids is 3. The summed E-state index contributed by atoms with van der Waals surface area (Å²) in [5, 5.41) is 18.5. The lowest BCUT2D eigenvalue weighted by atomic mass is 10.0. The standard InChI is InChI=1S/C26H41N7O5S/c27-11-5-3-9-20(31-23(34)18(29)15-39)24(35)33-22(13-16-14-30-19-8-2-1-7-17(16)19)25(36)32-21(26(37)38)10-4-6-12-28/h1-2,7-8,14,18,20-22,30,39H,3-6,9-13,15,27-29H2,(H,31,34)(H,32,36)(H,33,35)(H,37,38). The van der Waals surface area contributed by atoms with E-state index in [1.54, 1.807) is 6.20 Å². The minimum absolute atomic E-state index is 0.0926. The molecule has 0 saturated carbocycles. The zero-order valence-electron chi connectivity index (χ0n) is 22.0. The molecule has 4 atom stereocenters. The SMILES string of the molecule is NCCCCC(NC(=O)C(Cc1c[nH]c2ccccc12)NC(=O)C(CCCCN)NC(=O)C(N)CS)C(=O)O. The first-order chi connectivity index (χ1) is 18.7. The molecule has 0 fully saturated rings. The Kier molecular flexibility index (Phi) is 13.8. The topological polar surface area (TPSA) is 218 Å². The van der Waals surface area contributed by atoms with E-state index in [0.717, 1.165) is 16.5 Å². The number of fused-ring (bicyclic) bond motifs is 1. The summed E-state index contributed by atoms with van der Waals surface area (Å²) in [5.74, 6) is -2.85. The second-order valence-corrected chi connectivity index (χ2v) is 9.81. The van der Waals surface area contributed by atoms with Gasteiger partial charge in [0.15, 0.2) is 0 Å². The first-order valence-corrected chi connectivity index (χ1v) is 13.8. The summed E-state index contributed by atoms with van der Waals surface area (Å²) in [7, 11) is 0. The summed E-state index contributed by atoms with van der Waals surface area (Å²) in [6.45, 7) is 0.832. The van der Waals surface area contributed by atoms with Gasteiger partial charge in [0, 0.05) is 29.3 Å². The lowest BCUT2D eigenvalue weighted by Gasteiger charge is -2.25. The third-order valence-electron chi connectivity index (χ3n) is 6.41. The first kappa shape index (κ1) is 32.1. The summed E-state index contributed by atoms with van der Waals surface area (Å²) in [4.78, 5) is 54.2. The van der Waals surface area contributed by atoms with Crippen LogP contribution in [0.2, 0.25) is 0 Å². The summed E-state index contributed by atoms with van der Waals surface area (Å²) in [5.41, 5.74) is 18.5. The van der Waals surface area contributed by atoms with Crippen molar-refractivity contribution in [2.75, 3.05) is 18.8 Å². The number of nitrogens with two attached hydrogens (primary N) is 3. The van der Waals surface area contributed by atoms with E-state index in [1.807, 2.05) is 24.3 Å². The molecule has 216 valence electrons. The fraction of sp³-hybridized carbons (Fsp3) is 0.538. The second kappa shape index (κ2) is 16.7. The maximum Gasteiger partial charge on any atom is 0.326 e. The van der Waals surface area contributed by atoms with Crippen molar-refractivity contribution in [2.24, 2.45) is 17.2 Å². The molecule has 0 aliphatic heterocycles. The Bertz CT molecular complexity index is 1100. The third-order valence-corrected chi connectivity index (χ3v) is 6.80. The number of carbonyl (C=O) groups is 4. The maximum absolute atomic E-state index is 13.4. The number of aromatic amines is 1. The molecule has 1 aromatic heterocycles. The van der Waals surface area contributed by atoms with Crippen molar-refractivity contribution in [3.8, 4) is 0 Å². The molecule has 1 heterocycles. The summed E-state index contributed by atoms with van der Waals surface area (Å²) < 4.78 is 0. The van der Waals surface area contributed by atoms with Crippen LogP contribution >= 0.6 is 12.6 Å². The molecule has 2 aromatic rings. The van der Waals surface area contributed by atoms with Gasteiger partial charge in [0.05, 0.1) is 6.04 Å². The maximum atomic E-state index is 13.4. The molecule has 39 heavy (non-hydrogen) atoms. The van der Waals surface area contributed by atoms with Crippen LogP contribution in [-0.2, 0) is 25.6 Å². The minimum Gasteiger partial charge on any atom is -0.480 e. The Morgan fingerprint density at radius 2 is 1.41 bits per heavy atom. The van der Waals surface area contributed by atoms with E-state index in [-0.39, 0.29) is 25.0 Å². The molecular formula is C26H41N7O5S. The molecule has 0 spiro atoms. The molecule has 0 aliphatic carbocycles. The van der Waals surface area contributed by atoms with Gasteiger partial charge in [-0.1, -0.05) is 18.2 Å². The minimum atomic E-state index is -1.18.